The zero-order chi connectivity index (χ0) is 28.3. The molecular formula is C25H22Cl2F3N5O4. The summed E-state index contributed by atoms with van der Waals surface area (Å²) < 4.78 is 43.8. The van der Waals surface area contributed by atoms with Crippen molar-refractivity contribution < 1.29 is 32.7 Å². The summed E-state index contributed by atoms with van der Waals surface area (Å²) >= 11 is 12.2. The molecule has 0 bridgehead atoms. The van der Waals surface area contributed by atoms with Gasteiger partial charge in [-0.2, -0.15) is 18.3 Å². The first-order valence-electron chi connectivity index (χ1n) is 11.8. The molecule has 14 heteroatoms. The van der Waals surface area contributed by atoms with Crippen molar-refractivity contribution in [1.82, 2.24) is 24.6 Å². The number of carbonyl (C=O) groups is 3. The molecule has 0 atom stereocenters. The van der Waals surface area contributed by atoms with Crippen LogP contribution in [0.15, 0.2) is 43.1 Å². The summed E-state index contributed by atoms with van der Waals surface area (Å²) in [6, 6.07) is 2.39. The molecule has 1 aliphatic rings. The highest BCUT2D eigenvalue weighted by atomic mass is 35.5. The molecule has 0 unspecified atom stereocenters. The van der Waals surface area contributed by atoms with Gasteiger partial charge in [0.2, 0.25) is 0 Å². The first-order valence-corrected chi connectivity index (χ1v) is 12.6. The fourth-order valence-electron chi connectivity index (χ4n) is 4.65. The number of carbonyl (C=O) groups excluding carboxylic acids is 2. The average Bonchev–Trinajstić information content (AvgIpc) is 3.34. The second-order valence-electron chi connectivity index (χ2n) is 9.11. The first kappa shape index (κ1) is 28.5. The Bertz CT molecular complexity index is 1360. The smallest absolute Gasteiger partial charge is 0.433 e. The minimum Gasteiger partial charge on any atom is -0.481 e. The van der Waals surface area contributed by atoms with Crippen LogP contribution < -0.4 is 0 Å². The predicted octanol–water partition coefficient (Wildman–Crippen LogP) is 5.34. The van der Waals surface area contributed by atoms with Crippen molar-refractivity contribution in [3.8, 4) is 0 Å². The van der Waals surface area contributed by atoms with Gasteiger partial charge in [-0.15, -0.1) is 0 Å². The second-order valence-corrected chi connectivity index (χ2v) is 9.93. The summed E-state index contributed by atoms with van der Waals surface area (Å²) in [6.45, 7) is -0.837. The molecule has 1 aliphatic carbocycles. The number of hydrogen-bond acceptors (Lipinski definition) is 6. The fraction of sp³-hybridized carbons (Fsp3) is 0.360. The Morgan fingerprint density at radius 2 is 1.62 bits per heavy atom. The number of amides is 1. The Morgan fingerprint density at radius 3 is 2.18 bits per heavy atom. The molecule has 39 heavy (non-hydrogen) atoms. The normalized spacial score (nSPS) is 17.6. The quantitative estimate of drug-likeness (QED) is 0.355. The van der Waals surface area contributed by atoms with Crippen LogP contribution in [0.1, 0.15) is 63.7 Å². The largest absolute Gasteiger partial charge is 0.481 e. The van der Waals surface area contributed by atoms with Gasteiger partial charge in [-0.1, -0.05) is 23.2 Å². The van der Waals surface area contributed by atoms with Crippen LogP contribution in [0, 0.1) is 5.92 Å². The van der Waals surface area contributed by atoms with E-state index in [9.17, 15) is 32.7 Å². The van der Waals surface area contributed by atoms with Crippen LogP contribution in [0.3, 0.4) is 0 Å². The molecule has 3 aromatic rings. The summed E-state index contributed by atoms with van der Waals surface area (Å²) in [5, 5.41) is 13.0. The highest BCUT2D eigenvalue weighted by Crippen LogP contribution is 2.39. The minimum atomic E-state index is -4.95. The Labute approximate surface area is 230 Å². The predicted molar refractivity (Wildman–Crippen MR) is 133 cm³/mol. The van der Waals surface area contributed by atoms with Crippen molar-refractivity contribution >= 4 is 40.9 Å². The Hall–Kier alpha value is -3.51. The Kier molecular flexibility index (Phi) is 8.55. The number of halogens is 5. The van der Waals surface area contributed by atoms with Crippen molar-refractivity contribution in [3.63, 3.8) is 0 Å². The van der Waals surface area contributed by atoms with E-state index >= 15 is 0 Å². The van der Waals surface area contributed by atoms with E-state index in [0.717, 1.165) is 15.8 Å². The number of rotatable bonds is 8. The van der Waals surface area contributed by atoms with Crippen molar-refractivity contribution in [3.05, 3.63) is 75.5 Å². The zero-order valence-corrected chi connectivity index (χ0v) is 21.7. The van der Waals surface area contributed by atoms with Crippen molar-refractivity contribution in [2.24, 2.45) is 5.92 Å². The third kappa shape index (κ3) is 6.39. The molecule has 0 aliphatic heterocycles. The molecule has 0 aromatic carbocycles. The standard InChI is InChI=1S/C25H22Cl2F3N5O4/c26-18-10-32-11-19(27)21(18)20(36)13-34(12-14-5-7-31-8-6-14)23(37)17-9-33-35(22(17)25(28,29)30)16-3-1-15(2-4-16)24(38)39/h5-11,15-16H,1-4,12-13H2,(H,38,39)/t15-,16-. The molecule has 1 amide bonds. The average molecular weight is 584 g/mol. The van der Waals surface area contributed by atoms with Crippen LogP contribution in [0.4, 0.5) is 13.2 Å². The molecule has 3 heterocycles. The van der Waals surface area contributed by atoms with E-state index < -0.39 is 53.6 Å². The number of aliphatic carboxylic acids is 1. The van der Waals surface area contributed by atoms with Gasteiger partial charge in [0.25, 0.3) is 5.91 Å². The van der Waals surface area contributed by atoms with Gasteiger partial charge in [-0.3, -0.25) is 29.0 Å². The number of Topliss-reactive ketones (excluding diaryl/α,β-unsaturated/α-hetero) is 1. The van der Waals surface area contributed by atoms with Crippen LogP contribution >= 0.6 is 23.2 Å². The number of hydrogen-bond donors (Lipinski definition) is 1. The van der Waals surface area contributed by atoms with Crippen molar-refractivity contribution in [2.75, 3.05) is 6.54 Å². The number of aromatic nitrogens is 4. The van der Waals surface area contributed by atoms with E-state index in [0.29, 0.717) is 5.56 Å². The highest BCUT2D eigenvalue weighted by molar-refractivity contribution is 6.39. The summed E-state index contributed by atoms with van der Waals surface area (Å²) in [5.74, 6) is -3.39. The molecule has 1 saturated carbocycles. The van der Waals surface area contributed by atoms with Crippen LogP contribution in [-0.2, 0) is 17.5 Å². The van der Waals surface area contributed by atoms with Gasteiger partial charge in [0.05, 0.1) is 45.9 Å². The molecule has 3 aromatic heterocycles. The molecule has 0 radical (unpaired) electrons. The fourth-order valence-corrected chi connectivity index (χ4v) is 5.23. The number of pyridine rings is 2. The third-order valence-corrected chi connectivity index (χ3v) is 7.14. The van der Waals surface area contributed by atoms with E-state index in [4.69, 9.17) is 23.2 Å². The van der Waals surface area contributed by atoms with Crippen LogP contribution in [-0.4, -0.2) is 54.0 Å². The lowest BCUT2D eigenvalue weighted by atomic mass is 9.86. The first-order chi connectivity index (χ1) is 18.5. The minimum absolute atomic E-state index is 0.0652. The maximum absolute atomic E-state index is 14.3. The monoisotopic (exact) mass is 583 g/mol. The maximum Gasteiger partial charge on any atom is 0.433 e. The topological polar surface area (TPSA) is 118 Å². The number of nitrogens with zero attached hydrogens (tertiary/aromatic N) is 5. The van der Waals surface area contributed by atoms with Gasteiger partial charge in [-0.05, 0) is 43.4 Å². The summed E-state index contributed by atoms with van der Waals surface area (Å²) in [5.41, 5.74) is -1.57. The van der Waals surface area contributed by atoms with Crippen LogP contribution in [0.2, 0.25) is 10.0 Å². The number of carboxylic acid groups (broad SMARTS) is 1. The number of alkyl halides is 3. The summed E-state index contributed by atoms with van der Waals surface area (Å²) in [7, 11) is 0. The molecule has 4 rings (SSSR count). The molecular weight excluding hydrogens is 562 g/mol. The van der Waals surface area contributed by atoms with Crippen LogP contribution in [0.5, 0.6) is 0 Å². The van der Waals surface area contributed by atoms with Gasteiger partial charge in [0.1, 0.15) is 0 Å². The summed E-state index contributed by atoms with van der Waals surface area (Å²) in [6.07, 6.45) is 1.88. The van der Waals surface area contributed by atoms with Gasteiger partial charge in [0, 0.05) is 31.3 Å². The van der Waals surface area contributed by atoms with E-state index in [-0.39, 0.29) is 47.8 Å². The molecule has 0 saturated heterocycles. The van der Waals surface area contributed by atoms with Gasteiger partial charge >= 0.3 is 12.1 Å². The van der Waals surface area contributed by atoms with E-state index in [1.165, 1.54) is 24.8 Å². The van der Waals surface area contributed by atoms with Gasteiger partial charge in [-0.25, -0.2) is 0 Å². The second kappa shape index (κ2) is 11.7. The van der Waals surface area contributed by atoms with E-state index in [2.05, 4.69) is 15.1 Å². The number of ketones is 1. The van der Waals surface area contributed by atoms with E-state index in [1.807, 2.05) is 0 Å². The Morgan fingerprint density at radius 1 is 1.00 bits per heavy atom. The molecule has 1 fully saturated rings. The lowest BCUT2D eigenvalue weighted by molar-refractivity contribution is -0.147. The van der Waals surface area contributed by atoms with Crippen molar-refractivity contribution in [2.45, 2.75) is 44.4 Å². The molecule has 9 nitrogen and oxygen atoms in total. The van der Waals surface area contributed by atoms with Crippen molar-refractivity contribution in [1.29, 1.82) is 0 Å². The summed E-state index contributed by atoms with van der Waals surface area (Å²) in [4.78, 5) is 46.7. The molecule has 0 spiro atoms. The maximum atomic E-state index is 14.3. The Balaban J connectivity index is 1.69. The SMILES string of the molecule is O=C(CN(Cc1ccncc1)C(=O)c1cnn([C@H]2CC[C@H](C(=O)O)CC2)c1C(F)(F)F)c1c(Cl)cncc1Cl. The highest BCUT2D eigenvalue weighted by Gasteiger charge is 2.43. The zero-order valence-electron chi connectivity index (χ0n) is 20.2. The molecule has 206 valence electrons. The molecule has 1 N–H and O–H groups in total. The van der Waals surface area contributed by atoms with Crippen LogP contribution in [0.25, 0.3) is 0 Å². The van der Waals surface area contributed by atoms with E-state index in [1.54, 1.807) is 12.1 Å². The van der Waals surface area contributed by atoms with Gasteiger partial charge in [0.15, 0.2) is 11.5 Å². The number of carboxylic acids is 1. The lowest BCUT2D eigenvalue weighted by Crippen LogP contribution is -2.37. The lowest BCUT2D eigenvalue weighted by Gasteiger charge is -2.28. The van der Waals surface area contributed by atoms with Gasteiger partial charge < -0.3 is 10.0 Å². The third-order valence-electron chi connectivity index (χ3n) is 6.56.